The number of alkyl carbamates (subject to hydrolysis) is 1. The zero-order valence-corrected chi connectivity index (χ0v) is 21.4. The number of carbonyl (C=O) groups excluding carboxylic acids is 3. The Hall–Kier alpha value is -3.23. The molecule has 36 heavy (non-hydrogen) atoms. The van der Waals surface area contributed by atoms with Gasteiger partial charge in [0.1, 0.15) is 18.6 Å². The second-order valence-corrected chi connectivity index (χ2v) is 10.2. The Balaban J connectivity index is 1.75. The Morgan fingerprint density at radius 2 is 1.64 bits per heavy atom. The smallest absolute Gasteiger partial charge is 0.407 e. The van der Waals surface area contributed by atoms with Gasteiger partial charge in [-0.25, -0.2) is 10.6 Å². The Morgan fingerprint density at radius 3 is 2.17 bits per heavy atom. The van der Waals surface area contributed by atoms with Gasteiger partial charge in [0, 0.05) is 7.29 Å². The topological polar surface area (TPSA) is 120 Å². The van der Waals surface area contributed by atoms with Gasteiger partial charge in [-0.15, -0.1) is 0 Å². The highest BCUT2D eigenvalue weighted by Gasteiger charge is 2.35. The molecule has 0 saturated heterocycles. The average molecular weight is 497 g/mol. The van der Waals surface area contributed by atoms with E-state index in [2.05, 4.69) is 5.32 Å². The molecular weight excluding hydrogens is 458 g/mol. The molecule has 8 nitrogen and oxygen atoms in total. The standard InChI is InChI=1S/C28H37N3O5/c1-17(2)14-22(26(33)31-29)25(32)24(16-36-28(3,4)5)30-27(34)35-15-23-20-12-8-6-10-18(20)19-11-7-9-13-21(19)23/h6-13,17,22-24H,14-16,29H2,1-5H3,(H,30,34)(H,31,33)/t22?,24-/m0/s1/i3D. The fourth-order valence-corrected chi connectivity index (χ4v) is 4.45. The summed E-state index contributed by atoms with van der Waals surface area (Å²) in [4.78, 5) is 38.7. The summed E-state index contributed by atoms with van der Waals surface area (Å²) >= 11 is 0. The van der Waals surface area contributed by atoms with Crippen molar-refractivity contribution in [1.29, 1.82) is 0 Å². The van der Waals surface area contributed by atoms with Gasteiger partial charge in [0.2, 0.25) is 5.91 Å². The molecule has 0 bridgehead atoms. The van der Waals surface area contributed by atoms with Crippen LogP contribution in [0, 0.1) is 11.8 Å². The van der Waals surface area contributed by atoms with E-state index in [0.717, 1.165) is 22.3 Å². The van der Waals surface area contributed by atoms with Crippen LogP contribution < -0.4 is 16.6 Å². The number of ether oxygens (including phenoxy) is 2. The van der Waals surface area contributed by atoms with Crippen molar-refractivity contribution in [1.82, 2.24) is 10.7 Å². The van der Waals surface area contributed by atoms with Crippen LogP contribution in [0.4, 0.5) is 4.79 Å². The van der Waals surface area contributed by atoms with E-state index >= 15 is 0 Å². The first-order valence-corrected chi connectivity index (χ1v) is 12.2. The number of ketones is 1. The maximum absolute atomic E-state index is 13.4. The molecule has 2 atom stereocenters. The molecule has 3 rings (SSSR count). The molecule has 0 spiro atoms. The molecule has 0 aliphatic heterocycles. The monoisotopic (exact) mass is 496 g/mol. The maximum atomic E-state index is 13.4. The first-order valence-electron chi connectivity index (χ1n) is 12.9. The Labute approximate surface area is 214 Å². The predicted molar refractivity (Wildman–Crippen MR) is 138 cm³/mol. The number of Topliss-reactive ketones (excluding diaryl/α,β-unsaturated/α-hetero) is 1. The van der Waals surface area contributed by atoms with Crippen molar-refractivity contribution in [3.05, 3.63) is 59.7 Å². The Kier molecular flexibility index (Phi) is 8.38. The van der Waals surface area contributed by atoms with E-state index in [4.69, 9.17) is 16.7 Å². The van der Waals surface area contributed by atoms with E-state index in [0.29, 0.717) is 0 Å². The van der Waals surface area contributed by atoms with Gasteiger partial charge in [0.05, 0.1) is 12.2 Å². The number of fused-ring (bicyclic) bond motifs is 3. The van der Waals surface area contributed by atoms with Crippen LogP contribution in [-0.2, 0) is 19.1 Å². The molecule has 4 N–H and O–H groups in total. The lowest BCUT2D eigenvalue weighted by molar-refractivity contribution is -0.137. The maximum Gasteiger partial charge on any atom is 0.407 e. The molecule has 2 aromatic rings. The number of hydrazine groups is 1. The third kappa shape index (κ3) is 6.71. The number of rotatable bonds is 10. The molecule has 1 aliphatic rings. The van der Waals surface area contributed by atoms with Crippen molar-refractivity contribution in [2.45, 2.75) is 58.6 Å². The quantitative estimate of drug-likeness (QED) is 0.198. The van der Waals surface area contributed by atoms with Crippen LogP contribution in [0.1, 0.15) is 59.4 Å². The lowest BCUT2D eigenvalue weighted by Crippen LogP contribution is -2.52. The van der Waals surface area contributed by atoms with Gasteiger partial charge in [-0.1, -0.05) is 62.4 Å². The highest BCUT2D eigenvalue weighted by Crippen LogP contribution is 2.44. The summed E-state index contributed by atoms with van der Waals surface area (Å²) in [6, 6.07) is 14.8. The Morgan fingerprint density at radius 1 is 1.06 bits per heavy atom. The minimum Gasteiger partial charge on any atom is -0.449 e. The van der Waals surface area contributed by atoms with Crippen LogP contribution in [0.15, 0.2) is 48.5 Å². The molecule has 2 aromatic carbocycles. The van der Waals surface area contributed by atoms with Gasteiger partial charge in [-0.2, -0.15) is 0 Å². The summed E-state index contributed by atoms with van der Waals surface area (Å²) in [5, 5.41) is 2.60. The van der Waals surface area contributed by atoms with E-state index in [-0.39, 0.29) is 38.4 Å². The van der Waals surface area contributed by atoms with E-state index < -0.39 is 35.3 Å². The molecule has 2 amide bonds. The van der Waals surface area contributed by atoms with Crippen molar-refractivity contribution >= 4 is 17.8 Å². The lowest BCUT2D eigenvalue weighted by atomic mass is 9.89. The van der Waals surface area contributed by atoms with Crippen LogP contribution in [0.25, 0.3) is 11.1 Å². The molecule has 1 unspecified atom stereocenters. The summed E-state index contributed by atoms with van der Waals surface area (Å²) in [6.45, 7) is 7.03. The van der Waals surface area contributed by atoms with Gasteiger partial charge < -0.3 is 14.8 Å². The van der Waals surface area contributed by atoms with Gasteiger partial charge in [-0.3, -0.25) is 15.0 Å². The summed E-state index contributed by atoms with van der Waals surface area (Å²) in [5.74, 6) is 3.01. The first kappa shape index (κ1) is 25.9. The minimum absolute atomic E-state index is 0.0342. The fraction of sp³-hybridized carbons (Fsp3) is 0.464. The second-order valence-electron chi connectivity index (χ2n) is 10.2. The van der Waals surface area contributed by atoms with Crippen LogP contribution in [0.5, 0.6) is 0 Å². The molecule has 0 radical (unpaired) electrons. The van der Waals surface area contributed by atoms with Gasteiger partial charge in [0.15, 0.2) is 5.78 Å². The first-order chi connectivity index (χ1) is 17.6. The van der Waals surface area contributed by atoms with Gasteiger partial charge in [0.25, 0.3) is 0 Å². The molecule has 0 fully saturated rings. The van der Waals surface area contributed by atoms with E-state index in [1.165, 1.54) is 0 Å². The van der Waals surface area contributed by atoms with Crippen molar-refractivity contribution in [2.24, 2.45) is 17.7 Å². The fourth-order valence-electron chi connectivity index (χ4n) is 4.45. The normalized spacial score (nSPS) is 14.9. The third-order valence-corrected chi connectivity index (χ3v) is 6.13. The molecule has 0 heterocycles. The predicted octanol–water partition coefficient (Wildman–Crippen LogP) is 3.93. The van der Waals surface area contributed by atoms with E-state index in [1.807, 2.05) is 67.8 Å². The summed E-state index contributed by atoms with van der Waals surface area (Å²) in [5.41, 5.74) is 5.56. The van der Waals surface area contributed by atoms with E-state index in [1.54, 1.807) is 13.8 Å². The molecule has 8 heteroatoms. The van der Waals surface area contributed by atoms with Crippen molar-refractivity contribution < 1.29 is 25.2 Å². The number of benzene rings is 2. The number of carbonyl (C=O) groups is 3. The van der Waals surface area contributed by atoms with Gasteiger partial charge in [-0.05, 0) is 55.3 Å². The number of nitrogens with two attached hydrogens (primary N) is 1. The number of hydrogen-bond donors (Lipinski definition) is 3. The minimum atomic E-state index is -1.15. The summed E-state index contributed by atoms with van der Waals surface area (Å²) in [6.07, 6.45) is -0.531. The Bertz CT molecular complexity index is 1080. The van der Waals surface area contributed by atoms with Crippen molar-refractivity contribution in [3.8, 4) is 11.1 Å². The molecular formula is C28H37N3O5. The van der Waals surface area contributed by atoms with Crippen LogP contribution in [0.2, 0.25) is 0 Å². The average Bonchev–Trinajstić information content (AvgIpc) is 3.21. The molecule has 0 saturated carbocycles. The zero-order valence-electron chi connectivity index (χ0n) is 22.4. The summed E-state index contributed by atoms with van der Waals surface area (Å²) in [7, 11) is 0. The van der Waals surface area contributed by atoms with Crippen molar-refractivity contribution in [3.63, 3.8) is 0 Å². The second kappa shape index (κ2) is 11.7. The highest BCUT2D eigenvalue weighted by molar-refractivity contribution is 6.04. The number of nitrogens with one attached hydrogen (secondary N) is 2. The number of amides is 2. The van der Waals surface area contributed by atoms with Gasteiger partial charge >= 0.3 is 6.09 Å². The lowest BCUT2D eigenvalue weighted by Gasteiger charge is -2.27. The largest absolute Gasteiger partial charge is 0.449 e. The van der Waals surface area contributed by atoms with Crippen LogP contribution in [0.3, 0.4) is 0 Å². The highest BCUT2D eigenvalue weighted by atomic mass is 16.5. The van der Waals surface area contributed by atoms with Crippen molar-refractivity contribution in [2.75, 3.05) is 13.2 Å². The van der Waals surface area contributed by atoms with Crippen LogP contribution >= 0.6 is 0 Å². The number of hydrogen-bond acceptors (Lipinski definition) is 6. The third-order valence-electron chi connectivity index (χ3n) is 6.13. The zero-order chi connectivity index (χ0) is 27.2. The molecule has 194 valence electrons. The SMILES string of the molecule is [2H]CC(C)(C)OC[C@H](NC(=O)OCC1c2ccccc2-c2ccccc21)C(=O)C(CC(C)C)C(=O)NN. The molecule has 1 aliphatic carbocycles. The van der Waals surface area contributed by atoms with E-state index in [9.17, 15) is 14.4 Å². The van der Waals surface area contributed by atoms with Crippen LogP contribution in [-0.4, -0.2) is 42.6 Å². The summed E-state index contributed by atoms with van der Waals surface area (Å²) < 4.78 is 19.0. The molecule has 0 aromatic heterocycles.